The lowest BCUT2D eigenvalue weighted by Crippen LogP contribution is -2.40. The average molecular weight is 276 g/mol. The number of urea groups is 1. The van der Waals surface area contributed by atoms with E-state index >= 15 is 0 Å². The zero-order valence-corrected chi connectivity index (χ0v) is 12.2. The molecule has 4 nitrogen and oxygen atoms in total. The van der Waals surface area contributed by atoms with Gasteiger partial charge in [0.1, 0.15) is 5.75 Å². The highest BCUT2D eigenvalue weighted by Gasteiger charge is 2.14. The van der Waals surface area contributed by atoms with Crippen LogP contribution in [0.2, 0.25) is 0 Å². The van der Waals surface area contributed by atoms with E-state index in [2.05, 4.69) is 5.32 Å². The van der Waals surface area contributed by atoms with Gasteiger partial charge in [0, 0.05) is 19.6 Å². The van der Waals surface area contributed by atoms with Crippen molar-refractivity contribution >= 4 is 6.03 Å². The second-order valence-corrected chi connectivity index (χ2v) is 5.14. The third-order valence-corrected chi connectivity index (χ3v) is 3.57. The minimum absolute atomic E-state index is 0.0563. The predicted molar refractivity (Wildman–Crippen MR) is 79.9 cm³/mol. The fourth-order valence-electron chi connectivity index (χ4n) is 2.43. The highest BCUT2D eigenvalue weighted by atomic mass is 16.5. The number of carbonyl (C=O) groups excluding carboxylic acids is 1. The van der Waals surface area contributed by atoms with E-state index in [9.17, 15) is 4.79 Å². The number of hydrogen-bond acceptors (Lipinski definition) is 2. The molecule has 1 saturated heterocycles. The van der Waals surface area contributed by atoms with E-state index in [1.807, 2.05) is 36.1 Å². The molecule has 1 aliphatic rings. The number of likely N-dealkylation sites (tertiary alicyclic amines) is 1. The molecule has 1 aromatic carbocycles. The quantitative estimate of drug-likeness (QED) is 0.917. The molecule has 1 aromatic rings. The average Bonchev–Trinajstić information content (AvgIpc) is 2.76. The number of rotatable bonds is 4. The van der Waals surface area contributed by atoms with Crippen LogP contribution < -0.4 is 10.1 Å². The van der Waals surface area contributed by atoms with Crippen molar-refractivity contribution in [3.8, 4) is 5.75 Å². The Labute approximate surface area is 121 Å². The Hall–Kier alpha value is -1.71. The molecular formula is C16H24N2O2. The first-order valence-electron chi connectivity index (χ1n) is 7.54. The van der Waals surface area contributed by atoms with Gasteiger partial charge in [-0.1, -0.05) is 25.0 Å². The Morgan fingerprint density at radius 3 is 2.40 bits per heavy atom. The minimum atomic E-state index is 0.0563. The summed E-state index contributed by atoms with van der Waals surface area (Å²) in [6, 6.07) is 7.93. The number of ether oxygens (including phenoxy) is 1. The molecule has 0 unspecified atom stereocenters. The van der Waals surface area contributed by atoms with Gasteiger partial charge in [0.15, 0.2) is 0 Å². The first kappa shape index (κ1) is 14.7. The molecule has 0 spiro atoms. The summed E-state index contributed by atoms with van der Waals surface area (Å²) in [6.07, 6.45) is 4.72. The Bertz CT molecular complexity index is 409. The zero-order chi connectivity index (χ0) is 14.2. The van der Waals surface area contributed by atoms with Gasteiger partial charge in [-0.05, 0) is 37.5 Å². The second kappa shape index (κ2) is 7.78. The van der Waals surface area contributed by atoms with Gasteiger partial charge in [-0.15, -0.1) is 0 Å². The molecule has 1 aliphatic heterocycles. The van der Waals surface area contributed by atoms with E-state index in [-0.39, 0.29) is 6.03 Å². The number of hydrogen-bond donors (Lipinski definition) is 1. The van der Waals surface area contributed by atoms with Gasteiger partial charge >= 0.3 is 6.03 Å². The molecule has 20 heavy (non-hydrogen) atoms. The Morgan fingerprint density at radius 1 is 1.15 bits per heavy atom. The maximum absolute atomic E-state index is 12.1. The third kappa shape index (κ3) is 4.44. The van der Waals surface area contributed by atoms with Crippen LogP contribution in [0.15, 0.2) is 24.3 Å². The van der Waals surface area contributed by atoms with Gasteiger partial charge in [-0.25, -0.2) is 4.79 Å². The SMILES string of the molecule is CCOc1ccc(CNC(=O)N2CCCCCC2)cc1. The van der Waals surface area contributed by atoms with Crippen LogP contribution in [0, 0.1) is 0 Å². The van der Waals surface area contributed by atoms with Crippen LogP contribution in [-0.4, -0.2) is 30.6 Å². The number of nitrogens with one attached hydrogen (secondary N) is 1. The molecular weight excluding hydrogens is 252 g/mol. The lowest BCUT2D eigenvalue weighted by atomic mass is 10.2. The number of benzene rings is 1. The van der Waals surface area contributed by atoms with E-state index in [1.165, 1.54) is 12.8 Å². The lowest BCUT2D eigenvalue weighted by Gasteiger charge is -2.20. The van der Waals surface area contributed by atoms with E-state index in [0.29, 0.717) is 13.2 Å². The van der Waals surface area contributed by atoms with Gasteiger partial charge in [-0.2, -0.15) is 0 Å². The molecule has 2 amide bonds. The minimum Gasteiger partial charge on any atom is -0.494 e. The fourth-order valence-corrected chi connectivity index (χ4v) is 2.43. The zero-order valence-electron chi connectivity index (χ0n) is 12.2. The Balaban J connectivity index is 1.80. The molecule has 1 fully saturated rings. The monoisotopic (exact) mass is 276 g/mol. The maximum atomic E-state index is 12.1. The van der Waals surface area contributed by atoms with E-state index in [1.54, 1.807) is 0 Å². The van der Waals surface area contributed by atoms with Crippen LogP contribution in [-0.2, 0) is 6.54 Å². The molecule has 1 N–H and O–H groups in total. The summed E-state index contributed by atoms with van der Waals surface area (Å²) in [5, 5.41) is 2.99. The molecule has 0 saturated carbocycles. The van der Waals surface area contributed by atoms with Crippen LogP contribution in [0.1, 0.15) is 38.2 Å². The largest absolute Gasteiger partial charge is 0.494 e. The topological polar surface area (TPSA) is 41.6 Å². The van der Waals surface area contributed by atoms with Crippen LogP contribution >= 0.6 is 0 Å². The Morgan fingerprint density at radius 2 is 1.80 bits per heavy atom. The van der Waals surface area contributed by atoms with Gasteiger partial charge in [0.25, 0.3) is 0 Å². The van der Waals surface area contributed by atoms with Crippen molar-refractivity contribution in [1.82, 2.24) is 10.2 Å². The van der Waals surface area contributed by atoms with Crippen molar-refractivity contribution in [2.75, 3.05) is 19.7 Å². The highest BCUT2D eigenvalue weighted by molar-refractivity contribution is 5.74. The van der Waals surface area contributed by atoms with Crippen molar-refractivity contribution in [3.63, 3.8) is 0 Å². The second-order valence-electron chi connectivity index (χ2n) is 5.14. The first-order chi connectivity index (χ1) is 9.79. The van der Waals surface area contributed by atoms with Crippen molar-refractivity contribution in [2.45, 2.75) is 39.2 Å². The summed E-state index contributed by atoms with van der Waals surface area (Å²) in [5.41, 5.74) is 1.09. The molecule has 4 heteroatoms. The van der Waals surface area contributed by atoms with Crippen molar-refractivity contribution in [1.29, 1.82) is 0 Å². The predicted octanol–water partition coefficient (Wildman–Crippen LogP) is 3.17. The number of amides is 2. The molecule has 0 bridgehead atoms. The van der Waals surface area contributed by atoms with E-state index < -0.39 is 0 Å². The Kier molecular flexibility index (Phi) is 5.71. The molecule has 0 aliphatic carbocycles. The third-order valence-electron chi connectivity index (χ3n) is 3.57. The van der Waals surface area contributed by atoms with Gasteiger partial charge in [-0.3, -0.25) is 0 Å². The summed E-state index contributed by atoms with van der Waals surface area (Å²) in [6.45, 7) is 4.98. The number of nitrogens with zero attached hydrogens (tertiary/aromatic N) is 1. The summed E-state index contributed by atoms with van der Waals surface area (Å²) in [7, 11) is 0. The van der Waals surface area contributed by atoms with Crippen LogP contribution in [0.4, 0.5) is 4.79 Å². The summed E-state index contributed by atoms with van der Waals surface area (Å²) in [5.74, 6) is 0.870. The van der Waals surface area contributed by atoms with Crippen LogP contribution in [0.3, 0.4) is 0 Å². The summed E-state index contributed by atoms with van der Waals surface area (Å²) in [4.78, 5) is 14.0. The van der Waals surface area contributed by atoms with Crippen LogP contribution in [0.5, 0.6) is 5.75 Å². The van der Waals surface area contributed by atoms with Gasteiger partial charge in [0.05, 0.1) is 6.61 Å². The standard InChI is InChI=1S/C16H24N2O2/c1-2-20-15-9-7-14(8-10-15)13-17-16(19)18-11-5-3-4-6-12-18/h7-10H,2-6,11-13H2,1H3,(H,17,19). The van der Waals surface area contributed by atoms with Gasteiger partial charge in [0.2, 0.25) is 0 Å². The van der Waals surface area contributed by atoms with Crippen LogP contribution in [0.25, 0.3) is 0 Å². The van der Waals surface area contributed by atoms with E-state index in [0.717, 1.165) is 37.2 Å². The summed E-state index contributed by atoms with van der Waals surface area (Å²) < 4.78 is 5.40. The maximum Gasteiger partial charge on any atom is 0.317 e. The molecule has 110 valence electrons. The van der Waals surface area contributed by atoms with Crippen molar-refractivity contribution < 1.29 is 9.53 Å². The number of carbonyl (C=O) groups is 1. The first-order valence-corrected chi connectivity index (χ1v) is 7.54. The fraction of sp³-hybridized carbons (Fsp3) is 0.562. The van der Waals surface area contributed by atoms with Crippen molar-refractivity contribution in [2.24, 2.45) is 0 Å². The lowest BCUT2D eigenvalue weighted by molar-refractivity contribution is 0.199. The molecule has 0 atom stereocenters. The molecule has 1 heterocycles. The summed E-state index contributed by atoms with van der Waals surface area (Å²) >= 11 is 0. The van der Waals surface area contributed by atoms with E-state index in [4.69, 9.17) is 4.74 Å². The smallest absolute Gasteiger partial charge is 0.317 e. The molecule has 0 aromatic heterocycles. The highest BCUT2D eigenvalue weighted by Crippen LogP contribution is 2.12. The van der Waals surface area contributed by atoms with Crippen molar-refractivity contribution in [3.05, 3.63) is 29.8 Å². The molecule has 0 radical (unpaired) electrons. The molecule has 2 rings (SSSR count). The van der Waals surface area contributed by atoms with Gasteiger partial charge < -0.3 is 15.0 Å². The normalized spacial score (nSPS) is 15.6.